The van der Waals surface area contributed by atoms with Crippen molar-refractivity contribution in [3.8, 4) is 11.1 Å². The first-order valence-electron chi connectivity index (χ1n) is 11.1. The van der Waals surface area contributed by atoms with Crippen molar-refractivity contribution in [2.24, 2.45) is 16.6 Å². The van der Waals surface area contributed by atoms with Gasteiger partial charge in [0.25, 0.3) is 5.91 Å². The molecule has 1 atom stereocenters. The van der Waals surface area contributed by atoms with E-state index in [1.54, 1.807) is 26.2 Å². The quantitative estimate of drug-likeness (QED) is 0.300. The summed E-state index contributed by atoms with van der Waals surface area (Å²) in [5.41, 5.74) is 13.1. The van der Waals surface area contributed by atoms with E-state index in [9.17, 15) is 14.0 Å². The molecule has 35 heavy (non-hydrogen) atoms. The number of amidine groups is 1. The number of aliphatic imine (C=N–C) groups is 1. The van der Waals surface area contributed by atoms with Crippen molar-refractivity contribution < 1.29 is 14.0 Å². The molecule has 2 amide bonds. The summed E-state index contributed by atoms with van der Waals surface area (Å²) in [4.78, 5) is 37.8. The van der Waals surface area contributed by atoms with Crippen LogP contribution in [0.25, 0.3) is 11.1 Å². The molecule has 0 bridgehead atoms. The van der Waals surface area contributed by atoms with Crippen molar-refractivity contribution in [3.63, 3.8) is 0 Å². The molecule has 182 valence electrons. The number of amides is 2. The number of halogens is 1. The highest BCUT2D eigenvalue weighted by atomic mass is 19.1. The summed E-state index contributed by atoms with van der Waals surface area (Å²) < 4.78 is 15.6. The Balaban J connectivity index is 1.58. The van der Waals surface area contributed by atoms with Gasteiger partial charge in [0.05, 0.1) is 22.7 Å². The maximum atomic E-state index is 14.2. The average Bonchev–Trinajstić information content (AvgIpc) is 3.57. The molecule has 0 spiro atoms. The fourth-order valence-electron chi connectivity index (χ4n) is 3.95. The van der Waals surface area contributed by atoms with Gasteiger partial charge >= 0.3 is 0 Å². The third kappa shape index (κ3) is 4.88. The molecular weight excluding hydrogens is 451 g/mol. The Bertz CT molecular complexity index is 1300. The van der Waals surface area contributed by atoms with Gasteiger partial charge in [-0.05, 0) is 36.8 Å². The molecule has 1 saturated carbocycles. The lowest BCUT2D eigenvalue weighted by molar-refractivity contribution is -0.129. The van der Waals surface area contributed by atoms with Gasteiger partial charge in [-0.3, -0.25) is 14.3 Å². The van der Waals surface area contributed by atoms with Crippen molar-refractivity contribution in [2.75, 3.05) is 19.8 Å². The summed E-state index contributed by atoms with van der Waals surface area (Å²) in [6.07, 6.45) is 6.09. The Kier molecular flexibility index (Phi) is 6.33. The van der Waals surface area contributed by atoms with Gasteiger partial charge in [-0.2, -0.15) is 19.5 Å². The van der Waals surface area contributed by atoms with Crippen LogP contribution in [0.1, 0.15) is 35.7 Å². The predicted molar refractivity (Wildman–Crippen MR) is 129 cm³/mol. The molecule has 1 unspecified atom stereocenters. The third-order valence-corrected chi connectivity index (χ3v) is 6.38. The first-order valence-corrected chi connectivity index (χ1v) is 11.1. The van der Waals surface area contributed by atoms with E-state index in [0.29, 0.717) is 5.56 Å². The van der Waals surface area contributed by atoms with E-state index < -0.39 is 17.3 Å². The molecule has 1 aromatic carbocycles. The van der Waals surface area contributed by atoms with Crippen molar-refractivity contribution in [1.82, 2.24) is 24.6 Å². The second-order valence-electron chi connectivity index (χ2n) is 9.00. The van der Waals surface area contributed by atoms with E-state index in [1.165, 1.54) is 28.2 Å². The molecule has 0 saturated heterocycles. The molecule has 2 heterocycles. The Morgan fingerprint density at radius 3 is 2.51 bits per heavy atom. The number of nitrogens with zero attached hydrogens (tertiary/aromatic N) is 6. The number of anilines is 1. The Morgan fingerprint density at radius 1 is 1.23 bits per heavy atom. The number of aromatic nitrogens is 4. The number of nitrogen functional groups attached to an aromatic ring is 1. The minimum absolute atomic E-state index is 0.0191. The smallest absolute Gasteiger partial charge is 0.281 e. The second-order valence-corrected chi connectivity index (χ2v) is 9.00. The Hall–Kier alpha value is -4.15. The maximum absolute atomic E-state index is 14.2. The first-order chi connectivity index (χ1) is 16.6. The standard InChI is InChI=1S/C24H27FN8O2/c1-24(17-8-9-17,16-6-4-14(5-7-16)18-11-28-23(27)30-20(18)25)22(26)31-21(35)15-10-29-33(12-15)13-19(34)32(2)3/h4-7,10-12,17H,8-9,13H2,1-3H3,(H2,26,31,35)(H2,27,28,30). The maximum Gasteiger partial charge on any atom is 0.281 e. The SMILES string of the molecule is CN(C)C(=O)Cn1cc(C(=O)N=C(N)C(C)(c2ccc(-c3cnc(N)nc3F)cc2)C2CC2)cn1. The van der Waals surface area contributed by atoms with Crippen LogP contribution in [0, 0.1) is 11.9 Å². The molecule has 0 aliphatic heterocycles. The van der Waals surface area contributed by atoms with Crippen molar-refractivity contribution in [1.29, 1.82) is 0 Å². The number of benzene rings is 1. The molecule has 10 nitrogen and oxygen atoms in total. The molecule has 1 aliphatic carbocycles. The van der Waals surface area contributed by atoms with Gasteiger partial charge < -0.3 is 16.4 Å². The number of rotatable bonds is 7. The second kappa shape index (κ2) is 9.24. The highest BCUT2D eigenvalue weighted by Gasteiger charge is 2.46. The van der Waals surface area contributed by atoms with Crippen molar-refractivity contribution in [2.45, 2.75) is 31.7 Å². The zero-order valence-corrected chi connectivity index (χ0v) is 19.8. The number of nitrogens with two attached hydrogens (primary N) is 2. The topological polar surface area (TPSA) is 145 Å². The van der Waals surface area contributed by atoms with Crippen LogP contribution in [-0.4, -0.2) is 56.4 Å². The largest absolute Gasteiger partial charge is 0.386 e. The van der Waals surface area contributed by atoms with Crippen molar-refractivity contribution >= 4 is 23.6 Å². The lowest BCUT2D eigenvalue weighted by atomic mass is 9.76. The summed E-state index contributed by atoms with van der Waals surface area (Å²) in [6.45, 7) is 1.98. The molecule has 1 aliphatic rings. The van der Waals surface area contributed by atoms with Gasteiger partial charge in [0.1, 0.15) is 12.4 Å². The molecule has 3 aromatic rings. The first kappa shape index (κ1) is 24.0. The van der Waals surface area contributed by atoms with Gasteiger partial charge in [-0.25, -0.2) is 4.98 Å². The summed E-state index contributed by atoms with van der Waals surface area (Å²) in [5.74, 6) is -1.10. The Morgan fingerprint density at radius 2 is 1.91 bits per heavy atom. The van der Waals surface area contributed by atoms with Crippen molar-refractivity contribution in [3.05, 3.63) is 59.9 Å². The summed E-state index contributed by atoms with van der Waals surface area (Å²) in [7, 11) is 3.29. The summed E-state index contributed by atoms with van der Waals surface area (Å²) >= 11 is 0. The lowest BCUT2D eigenvalue weighted by Gasteiger charge is -2.30. The number of likely N-dealkylation sites (N-methyl/N-ethyl adjacent to an activating group) is 1. The molecule has 4 N–H and O–H groups in total. The van der Waals surface area contributed by atoms with Gasteiger partial charge in [0, 0.05) is 26.5 Å². The highest BCUT2D eigenvalue weighted by Crippen LogP contribution is 2.47. The molecule has 1 fully saturated rings. The number of hydrogen-bond acceptors (Lipinski definition) is 6. The van der Waals surface area contributed by atoms with Crippen LogP contribution in [0.3, 0.4) is 0 Å². The van der Waals surface area contributed by atoms with Crippen LogP contribution >= 0.6 is 0 Å². The molecule has 4 rings (SSSR count). The van der Waals surface area contributed by atoms with Gasteiger partial charge in [-0.1, -0.05) is 24.3 Å². The van der Waals surface area contributed by atoms with Gasteiger partial charge in [0.2, 0.25) is 17.8 Å². The zero-order chi connectivity index (χ0) is 25.3. The average molecular weight is 479 g/mol. The minimum atomic E-state index is -0.699. The van der Waals surface area contributed by atoms with Crippen LogP contribution in [0.4, 0.5) is 10.3 Å². The van der Waals surface area contributed by atoms with Crippen LogP contribution in [0.5, 0.6) is 0 Å². The molecule has 11 heteroatoms. The van der Waals surface area contributed by atoms with Gasteiger partial charge in [0.15, 0.2) is 0 Å². The van der Waals surface area contributed by atoms with E-state index >= 15 is 0 Å². The van der Waals surface area contributed by atoms with E-state index in [2.05, 4.69) is 20.1 Å². The van der Waals surface area contributed by atoms with Crippen LogP contribution < -0.4 is 11.5 Å². The third-order valence-electron chi connectivity index (χ3n) is 6.38. The van der Waals surface area contributed by atoms with Crippen LogP contribution in [0.15, 0.2) is 47.8 Å². The zero-order valence-electron chi connectivity index (χ0n) is 19.8. The number of hydrogen-bond donors (Lipinski definition) is 2. The molecule has 2 aromatic heterocycles. The Labute approximate surface area is 201 Å². The molecule has 0 radical (unpaired) electrons. The van der Waals surface area contributed by atoms with Crippen LogP contribution in [0.2, 0.25) is 0 Å². The summed E-state index contributed by atoms with van der Waals surface area (Å²) in [5, 5.41) is 4.08. The normalized spacial score (nSPS) is 15.5. The highest BCUT2D eigenvalue weighted by molar-refractivity contribution is 6.06. The van der Waals surface area contributed by atoms with E-state index in [4.69, 9.17) is 11.5 Å². The number of carbonyl (C=O) groups is 2. The fraction of sp³-hybridized carbons (Fsp3) is 0.333. The summed E-state index contributed by atoms with van der Waals surface area (Å²) in [6, 6.07) is 7.21. The fourth-order valence-corrected chi connectivity index (χ4v) is 3.95. The lowest BCUT2D eigenvalue weighted by Crippen LogP contribution is -2.41. The van der Waals surface area contributed by atoms with E-state index in [0.717, 1.165) is 18.4 Å². The number of carbonyl (C=O) groups excluding carboxylic acids is 2. The monoisotopic (exact) mass is 478 g/mol. The minimum Gasteiger partial charge on any atom is -0.386 e. The van der Waals surface area contributed by atoms with E-state index in [1.807, 2.05) is 19.1 Å². The van der Waals surface area contributed by atoms with Crippen LogP contribution in [-0.2, 0) is 16.8 Å². The molecular formula is C24H27FN8O2. The predicted octanol–water partition coefficient (Wildman–Crippen LogP) is 2.01. The van der Waals surface area contributed by atoms with E-state index in [-0.39, 0.29) is 41.3 Å². The van der Waals surface area contributed by atoms with Gasteiger partial charge in [-0.15, -0.1) is 0 Å².